The third-order valence-corrected chi connectivity index (χ3v) is 5.66. The molecule has 1 heterocycles. The number of nitro groups is 1. The average Bonchev–Trinajstić information content (AvgIpc) is 2.75. The minimum absolute atomic E-state index is 0.0837. The van der Waals surface area contributed by atoms with Gasteiger partial charge in [0, 0.05) is 28.8 Å². The van der Waals surface area contributed by atoms with Gasteiger partial charge in [-0.3, -0.25) is 15.1 Å². The molecule has 5 rings (SSSR count). The topological polar surface area (TPSA) is 56.0 Å². The summed E-state index contributed by atoms with van der Waals surface area (Å²) >= 11 is 0. The summed E-state index contributed by atoms with van der Waals surface area (Å²) in [7, 11) is 0. The second-order valence-corrected chi connectivity index (χ2v) is 7.32. The molecule has 4 heteroatoms. The summed E-state index contributed by atoms with van der Waals surface area (Å²) in [6, 6.07) is 23.6. The standard InChI is InChI=1S/C25H18N2O2/c1-15-23-21-9-5-3-7-19(21)20-8-4-6-10-22(20)24(23)16(2)26-25(15)17-11-13-18(14-12-17)27(28)29/h3-14H,1-2H3. The maximum absolute atomic E-state index is 11.0. The van der Waals surface area contributed by atoms with E-state index in [1.165, 1.54) is 44.5 Å². The Balaban J connectivity index is 1.93. The van der Waals surface area contributed by atoms with Crippen LogP contribution in [0.5, 0.6) is 0 Å². The van der Waals surface area contributed by atoms with Crippen LogP contribution in [-0.2, 0) is 0 Å². The molecule has 0 aliphatic rings. The molecule has 4 nitrogen and oxygen atoms in total. The summed E-state index contributed by atoms with van der Waals surface area (Å²) in [6.45, 7) is 4.13. The number of rotatable bonds is 2. The maximum Gasteiger partial charge on any atom is 0.269 e. The van der Waals surface area contributed by atoms with E-state index in [0.29, 0.717) is 0 Å². The third kappa shape index (κ3) is 2.57. The minimum Gasteiger partial charge on any atom is -0.258 e. The van der Waals surface area contributed by atoms with E-state index in [4.69, 9.17) is 4.98 Å². The fraction of sp³-hybridized carbons (Fsp3) is 0.0800. The van der Waals surface area contributed by atoms with Crippen molar-refractivity contribution in [1.29, 1.82) is 0 Å². The zero-order valence-corrected chi connectivity index (χ0v) is 16.1. The van der Waals surface area contributed by atoms with Gasteiger partial charge in [-0.15, -0.1) is 0 Å². The van der Waals surface area contributed by atoms with Crippen LogP contribution in [0, 0.1) is 24.0 Å². The Morgan fingerprint density at radius 2 is 1.24 bits per heavy atom. The zero-order valence-electron chi connectivity index (χ0n) is 16.1. The molecule has 0 bridgehead atoms. The Labute approximate surface area is 167 Å². The smallest absolute Gasteiger partial charge is 0.258 e. The Kier molecular flexibility index (Phi) is 3.81. The van der Waals surface area contributed by atoms with E-state index < -0.39 is 0 Å². The number of nitro benzene ring substituents is 1. The van der Waals surface area contributed by atoms with E-state index in [9.17, 15) is 10.1 Å². The molecule has 0 aliphatic heterocycles. The van der Waals surface area contributed by atoms with Crippen molar-refractivity contribution >= 4 is 38.0 Å². The predicted molar refractivity (Wildman–Crippen MR) is 118 cm³/mol. The molecule has 0 N–H and O–H groups in total. The molecule has 0 atom stereocenters. The van der Waals surface area contributed by atoms with Crippen molar-refractivity contribution in [2.75, 3.05) is 0 Å². The number of non-ortho nitro benzene ring substituents is 1. The molecule has 0 amide bonds. The van der Waals surface area contributed by atoms with Crippen LogP contribution in [0.15, 0.2) is 72.8 Å². The molecule has 0 saturated carbocycles. The summed E-state index contributed by atoms with van der Waals surface area (Å²) in [5, 5.41) is 18.2. The minimum atomic E-state index is -0.380. The molecular formula is C25H18N2O2. The summed E-state index contributed by atoms with van der Waals surface area (Å²) in [4.78, 5) is 15.6. The van der Waals surface area contributed by atoms with Crippen LogP contribution in [0.25, 0.3) is 43.6 Å². The molecule has 0 aliphatic carbocycles. The van der Waals surface area contributed by atoms with Crippen LogP contribution in [0.1, 0.15) is 11.3 Å². The van der Waals surface area contributed by atoms with Crippen LogP contribution in [0.3, 0.4) is 0 Å². The van der Waals surface area contributed by atoms with E-state index >= 15 is 0 Å². The first-order valence-electron chi connectivity index (χ1n) is 9.51. The van der Waals surface area contributed by atoms with Gasteiger partial charge < -0.3 is 0 Å². The van der Waals surface area contributed by atoms with E-state index in [2.05, 4.69) is 55.5 Å². The van der Waals surface area contributed by atoms with Crippen molar-refractivity contribution < 1.29 is 4.92 Å². The number of aryl methyl sites for hydroxylation is 2. The molecule has 0 unspecified atom stereocenters. The fourth-order valence-corrected chi connectivity index (χ4v) is 4.35. The number of aromatic nitrogens is 1. The van der Waals surface area contributed by atoms with Crippen molar-refractivity contribution in [2.24, 2.45) is 0 Å². The number of benzene rings is 4. The first kappa shape index (κ1) is 17.3. The Morgan fingerprint density at radius 1 is 0.724 bits per heavy atom. The van der Waals surface area contributed by atoms with Gasteiger partial charge in [-0.1, -0.05) is 48.5 Å². The van der Waals surface area contributed by atoms with E-state index in [0.717, 1.165) is 22.5 Å². The van der Waals surface area contributed by atoms with E-state index in [-0.39, 0.29) is 10.6 Å². The molecule has 0 saturated heterocycles. The molecule has 0 radical (unpaired) electrons. The monoisotopic (exact) mass is 378 g/mol. The number of nitrogens with zero attached hydrogens (tertiary/aromatic N) is 2. The first-order chi connectivity index (χ1) is 14.1. The highest BCUT2D eigenvalue weighted by Gasteiger charge is 2.17. The molecule has 140 valence electrons. The highest BCUT2D eigenvalue weighted by atomic mass is 16.6. The van der Waals surface area contributed by atoms with Crippen LogP contribution in [0.4, 0.5) is 5.69 Å². The zero-order chi connectivity index (χ0) is 20.1. The summed E-state index contributed by atoms with van der Waals surface area (Å²) in [6.07, 6.45) is 0. The van der Waals surface area contributed by atoms with Gasteiger partial charge in [0.2, 0.25) is 0 Å². The average molecular weight is 378 g/mol. The summed E-state index contributed by atoms with van der Waals surface area (Å²) < 4.78 is 0. The van der Waals surface area contributed by atoms with Gasteiger partial charge in [-0.05, 0) is 58.5 Å². The number of fused-ring (bicyclic) bond motifs is 6. The lowest BCUT2D eigenvalue weighted by molar-refractivity contribution is -0.384. The second-order valence-electron chi connectivity index (χ2n) is 7.32. The van der Waals surface area contributed by atoms with Crippen LogP contribution < -0.4 is 0 Å². The maximum atomic E-state index is 11.0. The molecule has 1 aromatic heterocycles. The Bertz CT molecular complexity index is 1440. The van der Waals surface area contributed by atoms with Crippen molar-refractivity contribution in [3.8, 4) is 11.3 Å². The van der Waals surface area contributed by atoms with Crippen molar-refractivity contribution in [3.63, 3.8) is 0 Å². The number of hydrogen-bond acceptors (Lipinski definition) is 3. The van der Waals surface area contributed by atoms with Crippen molar-refractivity contribution in [3.05, 3.63) is 94.2 Å². The van der Waals surface area contributed by atoms with Gasteiger partial charge >= 0.3 is 0 Å². The lowest BCUT2D eigenvalue weighted by Gasteiger charge is -2.17. The Morgan fingerprint density at radius 3 is 1.79 bits per heavy atom. The van der Waals surface area contributed by atoms with Gasteiger partial charge in [0.1, 0.15) is 0 Å². The lowest BCUT2D eigenvalue weighted by Crippen LogP contribution is -1.97. The fourth-order valence-electron chi connectivity index (χ4n) is 4.35. The van der Waals surface area contributed by atoms with Gasteiger partial charge in [-0.25, -0.2) is 0 Å². The predicted octanol–water partition coefficient (Wildman–Crippen LogP) is 6.73. The van der Waals surface area contributed by atoms with E-state index in [1.807, 2.05) is 6.92 Å². The Hall–Kier alpha value is -3.79. The molecule has 4 aromatic carbocycles. The number of pyridine rings is 1. The summed E-state index contributed by atoms with van der Waals surface area (Å²) in [5.74, 6) is 0. The molecule has 0 fully saturated rings. The quantitative estimate of drug-likeness (QED) is 0.194. The SMILES string of the molecule is Cc1nc(-c2ccc([N+](=O)[O-])cc2)c(C)c2c3ccccc3c3ccccc3c12. The highest BCUT2D eigenvalue weighted by molar-refractivity contribution is 6.27. The van der Waals surface area contributed by atoms with E-state index in [1.54, 1.807) is 12.1 Å². The van der Waals surface area contributed by atoms with Crippen molar-refractivity contribution in [2.45, 2.75) is 13.8 Å². The first-order valence-corrected chi connectivity index (χ1v) is 9.51. The van der Waals surface area contributed by atoms with Crippen LogP contribution >= 0.6 is 0 Å². The highest BCUT2D eigenvalue weighted by Crippen LogP contribution is 2.40. The second kappa shape index (κ2) is 6.38. The van der Waals surface area contributed by atoms with Crippen LogP contribution in [0.2, 0.25) is 0 Å². The van der Waals surface area contributed by atoms with Crippen molar-refractivity contribution in [1.82, 2.24) is 4.98 Å². The molecule has 29 heavy (non-hydrogen) atoms. The largest absolute Gasteiger partial charge is 0.269 e. The summed E-state index contributed by atoms with van der Waals surface area (Å²) in [5.41, 5.74) is 3.88. The normalized spacial score (nSPS) is 11.4. The van der Waals surface area contributed by atoms with Gasteiger partial charge in [0.05, 0.1) is 10.6 Å². The van der Waals surface area contributed by atoms with Gasteiger partial charge in [0.15, 0.2) is 0 Å². The molecular weight excluding hydrogens is 360 g/mol. The molecule has 5 aromatic rings. The van der Waals surface area contributed by atoms with Gasteiger partial charge in [0.25, 0.3) is 5.69 Å². The molecule has 0 spiro atoms. The number of hydrogen-bond donors (Lipinski definition) is 0. The third-order valence-electron chi connectivity index (χ3n) is 5.66. The van der Waals surface area contributed by atoms with Crippen LogP contribution in [-0.4, -0.2) is 9.91 Å². The van der Waals surface area contributed by atoms with Gasteiger partial charge in [-0.2, -0.15) is 0 Å². The lowest BCUT2D eigenvalue weighted by atomic mass is 9.90.